The van der Waals surface area contributed by atoms with Crippen LogP contribution in [0, 0.1) is 17.1 Å². The van der Waals surface area contributed by atoms with Gasteiger partial charge in [-0.2, -0.15) is 5.26 Å². The fourth-order valence-electron chi connectivity index (χ4n) is 1.46. The van der Waals surface area contributed by atoms with Crippen LogP contribution in [0.5, 0.6) is 0 Å². The third-order valence-electron chi connectivity index (χ3n) is 2.29. The van der Waals surface area contributed by atoms with E-state index >= 15 is 0 Å². The van der Waals surface area contributed by atoms with Gasteiger partial charge in [-0.25, -0.2) is 4.39 Å². The number of rotatable bonds is 4. The number of nitrogens with zero attached hydrogens (tertiary/aromatic N) is 2. The summed E-state index contributed by atoms with van der Waals surface area (Å²) in [6, 6.07) is 4.99. The molecule has 0 saturated carbocycles. The molecule has 0 amide bonds. The molecule has 0 bridgehead atoms. The van der Waals surface area contributed by atoms with Gasteiger partial charge in [-0.15, -0.1) is 0 Å². The molecule has 0 aliphatic heterocycles. The van der Waals surface area contributed by atoms with Crippen LogP contribution < -0.4 is 10.6 Å². The smallest absolute Gasteiger partial charge is 0.139 e. The number of nitrogens with two attached hydrogens (primary N) is 1. The van der Waals surface area contributed by atoms with Gasteiger partial charge in [0.25, 0.3) is 0 Å². The van der Waals surface area contributed by atoms with E-state index in [1.54, 1.807) is 6.07 Å². The summed E-state index contributed by atoms with van der Waals surface area (Å²) in [4.78, 5) is 1.88. The van der Waals surface area contributed by atoms with E-state index in [0.29, 0.717) is 35.4 Å². The molecule has 0 heterocycles. The molecule has 0 unspecified atom stereocenters. The van der Waals surface area contributed by atoms with Gasteiger partial charge in [0.15, 0.2) is 0 Å². The number of nitrogen functional groups attached to an aromatic ring is 1. The molecule has 0 spiro atoms. The van der Waals surface area contributed by atoms with E-state index in [1.165, 1.54) is 6.07 Å². The zero-order valence-corrected chi connectivity index (χ0v) is 10.6. The first-order chi connectivity index (χ1) is 7.60. The van der Waals surface area contributed by atoms with Crippen LogP contribution in [0.3, 0.4) is 0 Å². The van der Waals surface area contributed by atoms with Gasteiger partial charge < -0.3 is 10.6 Å². The van der Waals surface area contributed by atoms with Crippen molar-refractivity contribution in [3.05, 3.63) is 22.4 Å². The Labute approximate surface area is 103 Å². The number of nitriles is 1. The van der Waals surface area contributed by atoms with E-state index in [4.69, 9.17) is 11.0 Å². The van der Waals surface area contributed by atoms with E-state index in [-0.39, 0.29) is 5.82 Å². The lowest BCUT2D eigenvalue weighted by atomic mass is 10.2. The Morgan fingerprint density at radius 2 is 2.25 bits per heavy atom. The fourth-order valence-corrected chi connectivity index (χ4v) is 1.82. The maximum absolute atomic E-state index is 13.4. The van der Waals surface area contributed by atoms with Crippen molar-refractivity contribution in [3.8, 4) is 6.07 Å². The molecular formula is C11H13BrFN3. The van der Waals surface area contributed by atoms with Crippen LogP contribution in [-0.2, 0) is 0 Å². The lowest BCUT2D eigenvalue weighted by Crippen LogP contribution is -2.24. The molecule has 0 saturated heterocycles. The summed E-state index contributed by atoms with van der Waals surface area (Å²) < 4.78 is 13.7. The quantitative estimate of drug-likeness (QED) is 0.866. The van der Waals surface area contributed by atoms with Crippen LogP contribution in [0.1, 0.15) is 13.3 Å². The largest absolute Gasteiger partial charge is 0.397 e. The van der Waals surface area contributed by atoms with Crippen molar-refractivity contribution in [2.75, 3.05) is 23.7 Å². The molecule has 86 valence electrons. The Hall–Kier alpha value is -1.28. The highest BCUT2D eigenvalue weighted by Gasteiger charge is 2.11. The van der Waals surface area contributed by atoms with E-state index in [1.807, 2.05) is 11.8 Å². The average molecular weight is 286 g/mol. The van der Waals surface area contributed by atoms with Crippen molar-refractivity contribution in [2.24, 2.45) is 0 Å². The van der Waals surface area contributed by atoms with Crippen molar-refractivity contribution in [3.63, 3.8) is 0 Å². The Morgan fingerprint density at radius 1 is 1.56 bits per heavy atom. The van der Waals surface area contributed by atoms with Gasteiger partial charge in [-0.1, -0.05) is 0 Å². The first kappa shape index (κ1) is 12.8. The Morgan fingerprint density at radius 3 is 2.81 bits per heavy atom. The zero-order valence-electron chi connectivity index (χ0n) is 9.00. The monoisotopic (exact) mass is 285 g/mol. The third-order valence-corrected chi connectivity index (χ3v) is 2.89. The SMILES string of the molecule is CCN(CCC#N)c1cc(F)c(Br)cc1N. The molecular weight excluding hydrogens is 273 g/mol. The minimum absolute atomic E-state index is 0.348. The van der Waals surface area contributed by atoms with Crippen LogP contribution >= 0.6 is 15.9 Å². The van der Waals surface area contributed by atoms with E-state index < -0.39 is 0 Å². The molecule has 1 aromatic rings. The van der Waals surface area contributed by atoms with Gasteiger partial charge in [-0.05, 0) is 28.9 Å². The second-order valence-corrected chi connectivity index (χ2v) is 4.17. The number of anilines is 2. The van der Waals surface area contributed by atoms with Crippen molar-refractivity contribution >= 4 is 27.3 Å². The molecule has 5 heteroatoms. The van der Waals surface area contributed by atoms with Crippen molar-refractivity contribution in [2.45, 2.75) is 13.3 Å². The van der Waals surface area contributed by atoms with Crippen LogP contribution in [0.2, 0.25) is 0 Å². The van der Waals surface area contributed by atoms with Crippen LogP contribution in [0.15, 0.2) is 16.6 Å². The van der Waals surface area contributed by atoms with Crippen molar-refractivity contribution in [1.29, 1.82) is 5.26 Å². The standard InChI is InChI=1S/C11H13BrFN3/c1-2-16(5-3-4-14)11-7-9(13)8(12)6-10(11)15/h6-7H,2-3,5,15H2,1H3. The summed E-state index contributed by atoms with van der Waals surface area (Å²) in [7, 11) is 0. The second kappa shape index (κ2) is 5.71. The van der Waals surface area contributed by atoms with Gasteiger partial charge in [0.1, 0.15) is 5.82 Å². The molecule has 16 heavy (non-hydrogen) atoms. The predicted molar refractivity (Wildman–Crippen MR) is 66.6 cm³/mol. The molecule has 1 aromatic carbocycles. The summed E-state index contributed by atoms with van der Waals surface area (Å²) >= 11 is 3.08. The van der Waals surface area contributed by atoms with Crippen LogP contribution in [0.4, 0.5) is 15.8 Å². The molecule has 0 atom stereocenters. The fraction of sp³-hybridized carbons (Fsp3) is 0.364. The molecule has 1 rings (SSSR count). The summed E-state index contributed by atoms with van der Waals surface area (Å²) in [5.41, 5.74) is 6.96. The number of halogens is 2. The molecule has 0 aliphatic carbocycles. The Balaban J connectivity index is 3.01. The summed E-state index contributed by atoms with van der Waals surface area (Å²) in [5, 5.41) is 8.54. The van der Waals surface area contributed by atoms with Gasteiger partial charge >= 0.3 is 0 Å². The number of hydrogen-bond acceptors (Lipinski definition) is 3. The molecule has 0 aromatic heterocycles. The normalized spacial score (nSPS) is 9.88. The molecule has 0 radical (unpaired) electrons. The maximum atomic E-state index is 13.4. The van der Waals surface area contributed by atoms with E-state index in [0.717, 1.165) is 0 Å². The zero-order chi connectivity index (χ0) is 12.1. The van der Waals surface area contributed by atoms with Gasteiger partial charge in [0.05, 0.1) is 28.3 Å². The van der Waals surface area contributed by atoms with Crippen molar-refractivity contribution in [1.82, 2.24) is 0 Å². The summed E-state index contributed by atoms with van der Waals surface area (Å²) in [6.07, 6.45) is 0.394. The Bertz CT molecular complexity index is 414. The van der Waals surface area contributed by atoms with Crippen molar-refractivity contribution < 1.29 is 4.39 Å². The van der Waals surface area contributed by atoms with Gasteiger partial charge in [0, 0.05) is 19.2 Å². The second-order valence-electron chi connectivity index (χ2n) is 3.31. The molecule has 0 aliphatic rings. The van der Waals surface area contributed by atoms with E-state index in [2.05, 4.69) is 22.0 Å². The first-order valence-electron chi connectivity index (χ1n) is 4.96. The lowest BCUT2D eigenvalue weighted by molar-refractivity contribution is 0.620. The first-order valence-corrected chi connectivity index (χ1v) is 5.75. The Kier molecular flexibility index (Phi) is 4.56. The van der Waals surface area contributed by atoms with Crippen LogP contribution in [0.25, 0.3) is 0 Å². The number of hydrogen-bond donors (Lipinski definition) is 1. The minimum Gasteiger partial charge on any atom is -0.397 e. The lowest BCUT2D eigenvalue weighted by Gasteiger charge is -2.23. The highest BCUT2D eigenvalue weighted by Crippen LogP contribution is 2.29. The molecule has 2 N–H and O–H groups in total. The average Bonchev–Trinajstić information content (AvgIpc) is 2.26. The highest BCUT2D eigenvalue weighted by atomic mass is 79.9. The third kappa shape index (κ3) is 2.86. The molecule has 3 nitrogen and oxygen atoms in total. The minimum atomic E-state index is -0.348. The van der Waals surface area contributed by atoms with E-state index in [9.17, 15) is 4.39 Å². The number of benzene rings is 1. The van der Waals surface area contributed by atoms with Gasteiger partial charge in [-0.3, -0.25) is 0 Å². The topological polar surface area (TPSA) is 53.0 Å². The summed E-state index contributed by atoms with van der Waals surface area (Å²) in [6.45, 7) is 3.18. The van der Waals surface area contributed by atoms with Crippen LogP contribution in [-0.4, -0.2) is 13.1 Å². The molecule has 0 fully saturated rings. The highest BCUT2D eigenvalue weighted by molar-refractivity contribution is 9.10. The van der Waals surface area contributed by atoms with Gasteiger partial charge in [0.2, 0.25) is 0 Å². The summed E-state index contributed by atoms with van der Waals surface area (Å²) in [5.74, 6) is -0.348. The maximum Gasteiger partial charge on any atom is 0.139 e. The predicted octanol–water partition coefficient (Wildman–Crippen LogP) is 2.91.